The van der Waals surface area contributed by atoms with Crippen LogP contribution < -0.4 is 14.4 Å². The molecule has 1 heterocycles. The van der Waals surface area contributed by atoms with E-state index in [-0.39, 0.29) is 18.1 Å². The number of methoxy groups -OCH3 is 2. The van der Waals surface area contributed by atoms with Crippen molar-refractivity contribution in [3.05, 3.63) is 82.4 Å². The van der Waals surface area contributed by atoms with Gasteiger partial charge in [-0.1, -0.05) is 23.7 Å². The van der Waals surface area contributed by atoms with Crippen LogP contribution >= 0.6 is 11.6 Å². The molecule has 6 heteroatoms. The van der Waals surface area contributed by atoms with Crippen LogP contribution in [0.3, 0.4) is 0 Å². The lowest BCUT2D eigenvalue weighted by molar-refractivity contribution is -0.118. The number of carbonyl (C=O) groups is 1. The minimum Gasteiger partial charge on any atom is -0.504 e. The summed E-state index contributed by atoms with van der Waals surface area (Å²) in [6.45, 7) is 0. The maximum atomic E-state index is 13.2. The summed E-state index contributed by atoms with van der Waals surface area (Å²) >= 11 is 6.08. The molecule has 0 fully saturated rings. The van der Waals surface area contributed by atoms with Crippen LogP contribution in [0.1, 0.15) is 22.7 Å². The molecule has 1 unspecified atom stereocenters. The average molecular weight is 410 g/mol. The van der Waals surface area contributed by atoms with Crippen LogP contribution in [0.2, 0.25) is 5.02 Å². The molecule has 0 aliphatic carbocycles. The Morgan fingerprint density at radius 3 is 2.31 bits per heavy atom. The first-order valence-corrected chi connectivity index (χ1v) is 9.51. The normalized spacial score (nSPS) is 15.8. The van der Waals surface area contributed by atoms with Crippen molar-refractivity contribution in [2.45, 2.75) is 12.5 Å². The molecule has 0 bridgehead atoms. The Bertz CT molecular complexity index is 1050. The number of anilines is 1. The highest BCUT2D eigenvalue weighted by Gasteiger charge is 2.35. The molecule has 1 amide bonds. The van der Waals surface area contributed by atoms with Gasteiger partial charge in [-0.2, -0.15) is 0 Å². The van der Waals surface area contributed by atoms with Gasteiger partial charge >= 0.3 is 0 Å². The van der Waals surface area contributed by atoms with Crippen LogP contribution in [0, 0.1) is 0 Å². The third kappa shape index (κ3) is 3.49. The lowest BCUT2D eigenvalue weighted by Crippen LogP contribution is -2.41. The zero-order valence-electron chi connectivity index (χ0n) is 16.1. The monoisotopic (exact) mass is 409 g/mol. The van der Waals surface area contributed by atoms with E-state index in [1.807, 2.05) is 36.4 Å². The Labute approximate surface area is 174 Å². The second-order valence-corrected chi connectivity index (χ2v) is 7.25. The summed E-state index contributed by atoms with van der Waals surface area (Å²) in [5.74, 6) is 1.05. The van der Waals surface area contributed by atoms with E-state index in [1.165, 1.54) is 7.11 Å². The molecule has 148 valence electrons. The van der Waals surface area contributed by atoms with Gasteiger partial charge in [0.1, 0.15) is 5.75 Å². The van der Waals surface area contributed by atoms with Crippen molar-refractivity contribution < 1.29 is 19.4 Å². The maximum Gasteiger partial charge on any atom is 0.232 e. The molecule has 0 saturated carbocycles. The minimum atomic E-state index is -0.409. The molecular weight excluding hydrogens is 390 g/mol. The number of phenolic OH excluding ortho intramolecular Hbond substituents is 1. The summed E-state index contributed by atoms with van der Waals surface area (Å²) in [6.07, 6.45) is 0.210. The van der Waals surface area contributed by atoms with E-state index in [9.17, 15) is 9.90 Å². The van der Waals surface area contributed by atoms with E-state index in [0.29, 0.717) is 16.5 Å². The van der Waals surface area contributed by atoms with E-state index in [2.05, 4.69) is 0 Å². The molecule has 0 radical (unpaired) electrons. The largest absolute Gasteiger partial charge is 0.504 e. The average Bonchev–Trinajstić information content (AvgIpc) is 2.73. The van der Waals surface area contributed by atoms with Gasteiger partial charge in [0.2, 0.25) is 5.91 Å². The minimum absolute atomic E-state index is 0.0363. The van der Waals surface area contributed by atoms with Gasteiger partial charge < -0.3 is 19.5 Å². The number of hydrogen-bond acceptors (Lipinski definition) is 4. The standard InChI is InChI=1S/C23H20ClNO4/c1-28-18-9-7-17(8-10-18)25-22(27)12-15-11-21(29-2)20(26)13-19(15)23(25)14-3-5-16(24)6-4-14/h3-11,13,23,26H,12H2,1-2H3. The first-order chi connectivity index (χ1) is 14.0. The third-order valence-electron chi connectivity index (χ3n) is 5.14. The Hall–Kier alpha value is -3.18. The Kier molecular flexibility index (Phi) is 5.07. The molecular formula is C23H20ClNO4. The Morgan fingerprint density at radius 2 is 1.69 bits per heavy atom. The van der Waals surface area contributed by atoms with Crippen LogP contribution in [-0.2, 0) is 11.2 Å². The highest BCUT2D eigenvalue weighted by Crippen LogP contribution is 2.43. The Balaban J connectivity index is 1.90. The highest BCUT2D eigenvalue weighted by atomic mass is 35.5. The van der Waals surface area contributed by atoms with Crippen molar-refractivity contribution in [1.82, 2.24) is 0 Å². The molecule has 0 aromatic heterocycles. The van der Waals surface area contributed by atoms with Crippen LogP contribution in [-0.4, -0.2) is 25.2 Å². The van der Waals surface area contributed by atoms with Gasteiger partial charge in [-0.15, -0.1) is 0 Å². The first kappa shape index (κ1) is 19.2. The lowest BCUT2D eigenvalue weighted by atomic mass is 9.87. The topological polar surface area (TPSA) is 59.0 Å². The van der Waals surface area contributed by atoms with E-state index >= 15 is 0 Å². The smallest absolute Gasteiger partial charge is 0.232 e. The lowest BCUT2D eigenvalue weighted by Gasteiger charge is -2.38. The van der Waals surface area contributed by atoms with Gasteiger partial charge in [-0.25, -0.2) is 0 Å². The fraction of sp³-hybridized carbons (Fsp3) is 0.174. The second kappa shape index (κ2) is 7.68. The van der Waals surface area contributed by atoms with Gasteiger partial charge in [-0.3, -0.25) is 4.79 Å². The number of carbonyl (C=O) groups excluding carboxylic acids is 1. The molecule has 3 aromatic carbocycles. The zero-order valence-corrected chi connectivity index (χ0v) is 16.8. The van der Waals surface area contributed by atoms with E-state index in [4.69, 9.17) is 21.1 Å². The number of ether oxygens (including phenoxy) is 2. The number of hydrogen-bond donors (Lipinski definition) is 1. The van der Waals surface area contributed by atoms with Crippen molar-refractivity contribution in [2.24, 2.45) is 0 Å². The predicted octanol–water partition coefficient (Wildman–Crippen LogP) is 4.74. The fourth-order valence-corrected chi connectivity index (χ4v) is 3.86. The van der Waals surface area contributed by atoms with E-state index < -0.39 is 6.04 Å². The molecule has 29 heavy (non-hydrogen) atoms. The quantitative estimate of drug-likeness (QED) is 0.676. The van der Waals surface area contributed by atoms with Gasteiger partial charge in [0, 0.05) is 10.7 Å². The molecule has 3 aromatic rings. The fourth-order valence-electron chi connectivity index (χ4n) is 3.74. The van der Waals surface area contributed by atoms with Crippen LogP contribution in [0.4, 0.5) is 5.69 Å². The van der Waals surface area contributed by atoms with E-state index in [1.54, 1.807) is 36.3 Å². The van der Waals surface area contributed by atoms with Crippen molar-refractivity contribution in [3.63, 3.8) is 0 Å². The van der Waals surface area contributed by atoms with E-state index in [0.717, 1.165) is 22.4 Å². The summed E-state index contributed by atoms with van der Waals surface area (Å²) in [7, 11) is 3.09. The van der Waals surface area contributed by atoms with Crippen molar-refractivity contribution in [1.29, 1.82) is 0 Å². The number of fused-ring (bicyclic) bond motifs is 1. The van der Waals surface area contributed by atoms with Crippen LogP contribution in [0.15, 0.2) is 60.7 Å². The number of halogens is 1. The van der Waals surface area contributed by atoms with Gasteiger partial charge in [0.25, 0.3) is 0 Å². The van der Waals surface area contributed by atoms with Crippen molar-refractivity contribution in [3.8, 4) is 17.2 Å². The summed E-state index contributed by atoms with van der Waals surface area (Å²) < 4.78 is 10.5. The molecule has 5 nitrogen and oxygen atoms in total. The van der Waals surface area contributed by atoms with Crippen LogP contribution in [0.5, 0.6) is 17.2 Å². The number of rotatable bonds is 4. The molecule has 1 aliphatic heterocycles. The van der Waals surface area contributed by atoms with Crippen molar-refractivity contribution in [2.75, 3.05) is 19.1 Å². The van der Waals surface area contributed by atoms with Crippen molar-refractivity contribution >= 4 is 23.2 Å². The zero-order chi connectivity index (χ0) is 20.5. The number of phenols is 1. The second-order valence-electron chi connectivity index (χ2n) is 6.82. The number of benzene rings is 3. The molecule has 1 atom stereocenters. The third-order valence-corrected chi connectivity index (χ3v) is 5.39. The predicted molar refractivity (Wildman–Crippen MR) is 112 cm³/mol. The molecule has 4 rings (SSSR count). The summed E-state index contributed by atoms with van der Waals surface area (Å²) in [6, 6.07) is 17.7. The Morgan fingerprint density at radius 1 is 1.00 bits per heavy atom. The summed E-state index contributed by atoms with van der Waals surface area (Å²) in [4.78, 5) is 15.0. The highest BCUT2D eigenvalue weighted by molar-refractivity contribution is 6.30. The molecule has 1 N–H and O–H groups in total. The molecule has 0 spiro atoms. The van der Waals surface area contributed by atoms with Gasteiger partial charge in [0.05, 0.1) is 26.7 Å². The number of nitrogens with zero attached hydrogens (tertiary/aromatic N) is 1. The molecule has 1 aliphatic rings. The summed E-state index contributed by atoms with van der Waals surface area (Å²) in [5.41, 5.74) is 3.32. The van der Waals surface area contributed by atoms with Gasteiger partial charge in [0.15, 0.2) is 11.5 Å². The maximum absolute atomic E-state index is 13.2. The number of amides is 1. The van der Waals surface area contributed by atoms with Gasteiger partial charge in [-0.05, 0) is 65.2 Å². The SMILES string of the molecule is COc1ccc(N2C(=O)Cc3cc(OC)c(O)cc3C2c2ccc(Cl)cc2)cc1. The number of aromatic hydroxyl groups is 1. The summed E-state index contributed by atoms with van der Waals surface area (Å²) in [5, 5.41) is 11.0. The molecule has 0 saturated heterocycles. The van der Waals surface area contributed by atoms with Crippen LogP contribution in [0.25, 0.3) is 0 Å². The first-order valence-electron chi connectivity index (χ1n) is 9.13.